The molecule has 1 saturated carbocycles. The average Bonchev–Trinajstić information content (AvgIpc) is 2.81. The van der Waals surface area contributed by atoms with Crippen LogP contribution in [0.5, 0.6) is 0 Å². The maximum Gasteiger partial charge on any atom is 0.0641 e. The summed E-state index contributed by atoms with van der Waals surface area (Å²) < 4.78 is 5.71. The minimum absolute atomic E-state index is 0.0898. The molecule has 0 amide bonds. The van der Waals surface area contributed by atoms with E-state index in [-0.39, 0.29) is 5.60 Å². The van der Waals surface area contributed by atoms with Crippen molar-refractivity contribution in [3.8, 4) is 0 Å². The van der Waals surface area contributed by atoms with Gasteiger partial charge in [-0.3, -0.25) is 0 Å². The second kappa shape index (κ2) is 3.82. The van der Waals surface area contributed by atoms with Gasteiger partial charge in [-0.25, -0.2) is 0 Å². The lowest BCUT2D eigenvalue weighted by atomic mass is 9.94. The van der Waals surface area contributed by atoms with Crippen LogP contribution >= 0.6 is 0 Å². The molecule has 0 aromatic carbocycles. The molecule has 2 heteroatoms. The first kappa shape index (κ1) is 10.4. The van der Waals surface area contributed by atoms with Crippen molar-refractivity contribution in [2.75, 3.05) is 6.61 Å². The lowest BCUT2D eigenvalue weighted by Crippen LogP contribution is -2.44. The summed E-state index contributed by atoms with van der Waals surface area (Å²) in [7, 11) is 0. The topological polar surface area (TPSA) is 21.3 Å². The first-order valence-electron chi connectivity index (χ1n) is 6.01. The maximum atomic E-state index is 5.71. The highest BCUT2D eigenvalue weighted by Crippen LogP contribution is 2.35. The minimum atomic E-state index is 0.0898. The van der Waals surface area contributed by atoms with E-state index in [2.05, 4.69) is 26.1 Å². The quantitative estimate of drug-likeness (QED) is 0.750. The van der Waals surface area contributed by atoms with E-state index in [0.29, 0.717) is 6.04 Å². The van der Waals surface area contributed by atoms with Gasteiger partial charge < -0.3 is 10.1 Å². The van der Waals surface area contributed by atoms with Crippen molar-refractivity contribution in [3.05, 3.63) is 0 Å². The molecule has 82 valence electrons. The molecule has 2 fully saturated rings. The first-order valence-corrected chi connectivity index (χ1v) is 6.01. The minimum Gasteiger partial charge on any atom is -0.375 e. The standard InChI is InChI=1S/C12H23NO/c1-4-9-7-11(9)13-10-5-6-14-12(2,3)8-10/h9-11,13H,4-8H2,1-3H3. The Balaban J connectivity index is 1.76. The van der Waals surface area contributed by atoms with Crippen LogP contribution in [0.15, 0.2) is 0 Å². The summed E-state index contributed by atoms with van der Waals surface area (Å²) in [5.41, 5.74) is 0.0898. The molecule has 3 unspecified atom stereocenters. The second-order valence-corrected chi connectivity index (χ2v) is 5.48. The van der Waals surface area contributed by atoms with E-state index in [1.54, 1.807) is 0 Å². The van der Waals surface area contributed by atoms with Crippen molar-refractivity contribution in [2.24, 2.45) is 5.92 Å². The van der Waals surface area contributed by atoms with E-state index in [1.807, 2.05) is 0 Å². The van der Waals surface area contributed by atoms with Crippen molar-refractivity contribution in [3.63, 3.8) is 0 Å². The summed E-state index contributed by atoms with van der Waals surface area (Å²) in [5, 5.41) is 3.77. The maximum absolute atomic E-state index is 5.71. The van der Waals surface area contributed by atoms with Gasteiger partial charge in [0, 0.05) is 18.7 Å². The molecule has 0 radical (unpaired) electrons. The summed E-state index contributed by atoms with van der Waals surface area (Å²) in [6, 6.07) is 1.51. The Bertz CT molecular complexity index is 202. The van der Waals surface area contributed by atoms with Crippen molar-refractivity contribution < 1.29 is 4.74 Å². The zero-order valence-electron chi connectivity index (χ0n) is 9.68. The molecule has 1 aliphatic heterocycles. The highest BCUT2D eigenvalue weighted by molar-refractivity contribution is 4.95. The molecule has 0 spiro atoms. The third kappa shape index (κ3) is 2.48. The number of hydrogen-bond acceptors (Lipinski definition) is 2. The van der Waals surface area contributed by atoms with Crippen LogP contribution in [0.2, 0.25) is 0 Å². The van der Waals surface area contributed by atoms with Gasteiger partial charge in [-0.15, -0.1) is 0 Å². The average molecular weight is 197 g/mol. The molecule has 1 saturated heterocycles. The fraction of sp³-hybridized carbons (Fsp3) is 1.00. The zero-order chi connectivity index (χ0) is 10.2. The van der Waals surface area contributed by atoms with E-state index in [4.69, 9.17) is 4.74 Å². The smallest absolute Gasteiger partial charge is 0.0641 e. The van der Waals surface area contributed by atoms with Gasteiger partial charge in [0.15, 0.2) is 0 Å². The second-order valence-electron chi connectivity index (χ2n) is 5.48. The Morgan fingerprint density at radius 1 is 1.43 bits per heavy atom. The first-order chi connectivity index (χ1) is 6.61. The zero-order valence-corrected chi connectivity index (χ0v) is 9.68. The monoisotopic (exact) mass is 197 g/mol. The summed E-state index contributed by atoms with van der Waals surface area (Å²) in [4.78, 5) is 0. The van der Waals surface area contributed by atoms with E-state index in [0.717, 1.165) is 18.6 Å². The van der Waals surface area contributed by atoms with Crippen molar-refractivity contribution in [1.82, 2.24) is 5.32 Å². The van der Waals surface area contributed by atoms with Gasteiger partial charge in [-0.2, -0.15) is 0 Å². The number of ether oxygens (including phenoxy) is 1. The summed E-state index contributed by atoms with van der Waals surface area (Å²) in [6.07, 6.45) is 5.09. The molecule has 3 atom stereocenters. The van der Waals surface area contributed by atoms with Gasteiger partial charge in [-0.1, -0.05) is 13.3 Å². The largest absolute Gasteiger partial charge is 0.375 e. The Labute approximate surface area is 87.4 Å². The molecular weight excluding hydrogens is 174 g/mol. The van der Waals surface area contributed by atoms with E-state index >= 15 is 0 Å². The Morgan fingerprint density at radius 3 is 2.79 bits per heavy atom. The molecule has 2 rings (SSSR count). The summed E-state index contributed by atoms with van der Waals surface area (Å²) in [5.74, 6) is 0.959. The van der Waals surface area contributed by atoms with Gasteiger partial charge in [0.2, 0.25) is 0 Å². The van der Waals surface area contributed by atoms with Crippen LogP contribution in [-0.2, 0) is 4.74 Å². The molecule has 2 aliphatic rings. The van der Waals surface area contributed by atoms with Crippen molar-refractivity contribution >= 4 is 0 Å². The van der Waals surface area contributed by atoms with Gasteiger partial charge >= 0.3 is 0 Å². The molecule has 1 heterocycles. The lowest BCUT2D eigenvalue weighted by Gasteiger charge is -2.36. The van der Waals surface area contributed by atoms with Crippen molar-refractivity contribution in [1.29, 1.82) is 0 Å². The molecule has 0 bridgehead atoms. The van der Waals surface area contributed by atoms with E-state index in [1.165, 1.54) is 25.7 Å². The van der Waals surface area contributed by atoms with E-state index in [9.17, 15) is 0 Å². The molecule has 1 aliphatic carbocycles. The third-order valence-electron chi connectivity index (χ3n) is 3.59. The van der Waals surface area contributed by atoms with Gasteiger partial charge in [0.05, 0.1) is 5.60 Å². The number of nitrogens with one attached hydrogen (secondary N) is 1. The molecular formula is C12H23NO. The molecule has 2 nitrogen and oxygen atoms in total. The summed E-state index contributed by atoms with van der Waals surface area (Å²) in [6.45, 7) is 7.62. The molecule has 14 heavy (non-hydrogen) atoms. The SMILES string of the molecule is CCC1CC1NC1CCOC(C)(C)C1. The molecule has 1 N–H and O–H groups in total. The van der Waals surface area contributed by atoms with Crippen LogP contribution in [-0.4, -0.2) is 24.3 Å². The van der Waals surface area contributed by atoms with E-state index < -0.39 is 0 Å². The predicted molar refractivity (Wildman–Crippen MR) is 58.4 cm³/mol. The number of rotatable bonds is 3. The van der Waals surface area contributed by atoms with Crippen LogP contribution in [0.25, 0.3) is 0 Å². The number of hydrogen-bond donors (Lipinski definition) is 1. The van der Waals surface area contributed by atoms with Gasteiger partial charge in [0.1, 0.15) is 0 Å². The highest BCUT2D eigenvalue weighted by Gasteiger charge is 2.38. The molecule has 0 aromatic heterocycles. The van der Waals surface area contributed by atoms with Crippen LogP contribution in [0.1, 0.15) is 46.5 Å². The Hall–Kier alpha value is -0.0800. The van der Waals surface area contributed by atoms with Crippen LogP contribution < -0.4 is 5.32 Å². The van der Waals surface area contributed by atoms with Crippen LogP contribution in [0, 0.1) is 5.92 Å². The van der Waals surface area contributed by atoms with Crippen molar-refractivity contribution in [2.45, 2.75) is 64.1 Å². The fourth-order valence-electron chi connectivity index (χ4n) is 2.58. The van der Waals surface area contributed by atoms with Crippen LogP contribution in [0.3, 0.4) is 0 Å². The highest BCUT2D eigenvalue weighted by atomic mass is 16.5. The van der Waals surface area contributed by atoms with Gasteiger partial charge in [0.25, 0.3) is 0 Å². The lowest BCUT2D eigenvalue weighted by molar-refractivity contribution is -0.0632. The molecule has 0 aromatic rings. The third-order valence-corrected chi connectivity index (χ3v) is 3.59. The fourth-order valence-corrected chi connectivity index (χ4v) is 2.58. The summed E-state index contributed by atoms with van der Waals surface area (Å²) >= 11 is 0. The van der Waals surface area contributed by atoms with Gasteiger partial charge in [-0.05, 0) is 39.0 Å². The Kier molecular flexibility index (Phi) is 2.85. The normalized spacial score (nSPS) is 40.9. The van der Waals surface area contributed by atoms with Crippen LogP contribution in [0.4, 0.5) is 0 Å². The predicted octanol–water partition coefficient (Wildman–Crippen LogP) is 2.33. The Morgan fingerprint density at radius 2 is 2.21 bits per heavy atom.